The number of ether oxygens (including phenoxy) is 3. The molecule has 2 aliphatic carbocycles. The lowest BCUT2D eigenvalue weighted by molar-refractivity contribution is -0.308. The Kier molecular flexibility index (Phi) is 5.61. The van der Waals surface area contributed by atoms with E-state index in [0.29, 0.717) is 6.42 Å². The van der Waals surface area contributed by atoms with Crippen LogP contribution < -0.4 is 0 Å². The van der Waals surface area contributed by atoms with Crippen LogP contribution in [-0.4, -0.2) is 75.9 Å². The van der Waals surface area contributed by atoms with Gasteiger partial charge >= 0.3 is 5.97 Å². The van der Waals surface area contributed by atoms with E-state index in [1.54, 1.807) is 0 Å². The molecule has 8 nitrogen and oxygen atoms in total. The Bertz CT molecular complexity index is 690. The first-order chi connectivity index (χ1) is 13.7. The molecule has 4 aliphatic rings. The van der Waals surface area contributed by atoms with Crippen molar-refractivity contribution in [1.82, 2.24) is 0 Å². The van der Waals surface area contributed by atoms with E-state index in [0.717, 1.165) is 24.0 Å². The fourth-order valence-corrected chi connectivity index (χ4v) is 5.43. The zero-order valence-corrected chi connectivity index (χ0v) is 16.5. The summed E-state index contributed by atoms with van der Waals surface area (Å²) in [5.74, 6) is -0.302. The Labute approximate surface area is 169 Å². The molecule has 0 spiro atoms. The van der Waals surface area contributed by atoms with Crippen LogP contribution in [0, 0.1) is 23.7 Å². The first-order valence-corrected chi connectivity index (χ1v) is 10.3. The first-order valence-electron chi connectivity index (χ1n) is 10.3. The third-order valence-electron chi connectivity index (χ3n) is 7.26. The summed E-state index contributed by atoms with van der Waals surface area (Å²) in [6.07, 6.45) is -5.18. The van der Waals surface area contributed by atoms with Crippen molar-refractivity contribution in [3.63, 3.8) is 0 Å². The number of fused-ring (bicyclic) bond motifs is 3. The molecule has 0 radical (unpaired) electrons. The van der Waals surface area contributed by atoms with Crippen molar-refractivity contribution in [2.45, 2.75) is 69.1 Å². The largest absolute Gasteiger partial charge is 0.461 e. The van der Waals surface area contributed by atoms with E-state index < -0.39 is 43.4 Å². The molecule has 0 aromatic carbocycles. The molecule has 0 aromatic heterocycles. The SMILES string of the molecule is C=C1[C@@H]2[C@H]3OC(=O)[C@@H](C)[C@@H]3CCC(=C)[C@@H]2C[C@H]1O[C@@H]1O[C@H](CO)[C@@H](O)[C@H](O)[C@H]1O. The summed E-state index contributed by atoms with van der Waals surface area (Å²) < 4.78 is 17.2. The number of aliphatic hydroxyl groups excluding tert-OH is 4. The Morgan fingerprint density at radius 2 is 1.90 bits per heavy atom. The van der Waals surface area contributed by atoms with E-state index >= 15 is 0 Å². The minimum atomic E-state index is -1.50. The lowest BCUT2D eigenvalue weighted by Crippen LogP contribution is -2.59. The second kappa shape index (κ2) is 7.76. The van der Waals surface area contributed by atoms with Crippen molar-refractivity contribution in [1.29, 1.82) is 0 Å². The molecular weight excluding hydrogens is 380 g/mol. The Balaban J connectivity index is 1.53. The minimum absolute atomic E-state index is 0.0467. The van der Waals surface area contributed by atoms with E-state index in [1.807, 2.05) is 6.92 Å². The van der Waals surface area contributed by atoms with Crippen molar-refractivity contribution < 1.29 is 39.4 Å². The summed E-state index contributed by atoms with van der Waals surface area (Å²) in [6.45, 7) is 9.84. The van der Waals surface area contributed by atoms with Gasteiger partial charge in [0.25, 0.3) is 0 Å². The second-order valence-electron chi connectivity index (χ2n) is 8.82. The number of rotatable bonds is 3. The fourth-order valence-electron chi connectivity index (χ4n) is 5.43. The van der Waals surface area contributed by atoms with Gasteiger partial charge in [0.2, 0.25) is 0 Å². The number of hydrogen-bond donors (Lipinski definition) is 4. The number of esters is 1. The lowest BCUT2D eigenvalue weighted by atomic mass is 9.80. The summed E-state index contributed by atoms with van der Waals surface area (Å²) in [6, 6.07) is 0. The van der Waals surface area contributed by atoms with E-state index in [2.05, 4.69) is 13.2 Å². The highest BCUT2D eigenvalue weighted by atomic mass is 16.7. The van der Waals surface area contributed by atoms with Crippen LogP contribution in [0.15, 0.2) is 24.3 Å². The van der Waals surface area contributed by atoms with Gasteiger partial charge in [-0.3, -0.25) is 4.79 Å². The van der Waals surface area contributed by atoms with Crippen LogP contribution in [0.5, 0.6) is 0 Å². The molecule has 0 amide bonds. The van der Waals surface area contributed by atoms with E-state index in [-0.39, 0.29) is 35.7 Å². The van der Waals surface area contributed by atoms with Crippen LogP contribution in [0.4, 0.5) is 0 Å². The van der Waals surface area contributed by atoms with Crippen molar-refractivity contribution >= 4 is 5.97 Å². The summed E-state index contributed by atoms with van der Waals surface area (Å²) in [4.78, 5) is 12.2. The third kappa shape index (κ3) is 3.36. The predicted octanol–water partition coefficient (Wildman–Crippen LogP) is -0.109. The zero-order chi connectivity index (χ0) is 21.0. The van der Waals surface area contributed by atoms with Crippen LogP contribution in [-0.2, 0) is 19.0 Å². The highest BCUT2D eigenvalue weighted by molar-refractivity contribution is 5.75. The van der Waals surface area contributed by atoms with Gasteiger partial charge in [-0.2, -0.15) is 0 Å². The van der Waals surface area contributed by atoms with Gasteiger partial charge in [-0.1, -0.05) is 25.7 Å². The highest BCUT2D eigenvalue weighted by Crippen LogP contribution is 2.53. The Hall–Kier alpha value is -1.29. The van der Waals surface area contributed by atoms with E-state index in [4.69, 9.17) is 14.2 Å². The fraction of sp³-hybridized carbons (Fsp3) is 0.762. The van der Waals surface area contributed by atoms with E-state index in [1.165, 1.54) is 0 Å². The van der Waals surface area contributed by atoms with Gasteiger partial charge in [0.15, 0.2) is 6.29 Å². The molecule has 4 rings (SSSR count). The van der Waals surface area contributed by atoms with Gasteiger partial charge in [0, 0.05) is 11.8 Å². The number of carbonyl (C=O) groups is 1. The van der Waals surface area contributed by atoms with Gasteiger partial charge in [-0.25, -0.2) is 0 Å². The van der Waals surface area contributed by atoms with Crippen LogP contribution in [0.1, 0.15) is 26.2 Å². The molecule has 11 atom stereocenters. The van der Waals surface area contributed by atoms with Gasteiger partial charge in [0.1, 0.15) is 30.5 Å². The van der Waals surface area contributed by atoms with Crippen molar-refractivity contribution in [2.24, 2.45) is 23.7 Å². The average molecular weight is 410 g/mol. The lowest BCUT2D eigenvalue weighted by Gasteiger charge is -2.40. The number of aliphatic hydroxyl groups is 4. The molecule has 8 heteroatoms. The van der Waals surface area contributed by atoms with Gasteiger partial charge in [-0.05, 0) is 30.8 Å². The third-order valence-corrected chi connectivity index (χ3v) is 7.26. The Morgan fingerprint density at radius 3 is 2.59 bits per heavy atom. The average Bonchev–Trinajstić information content (AvgIpc) is 3.11. The molecule has 2 saturated carbocycles. The summed E-state index contributed by atoms with van der Waals surface area (Å²) in [5.41, 5.74) is 1.83. The minimum Gasteiger partial charge on any atom is -0.461 e. The summed E-state index contributed by atoms with van der Waals surface area (Å²) in [7, 11) is 0. The standard InChI is InChI=1S/C21H30O8/c1-8-4-5-11-9(2)20(26)29-19(11)15-10(3)13(6-12(8)15)27-21-18(25)17(24)16(23)14(7-22)28-21/h9,11-19,21-25H,1,3-7H2,2H3/t9-,11-,12-,13+,14+,15-,16+,17-,18+,19-,21+/m0/s1. The quantitative estimate of drug-likeness (QED) is 0.375. The Morgan fingerprint density at radius 1 is 1.17 bits per heavy atom. The first kappa shape index (κ1) is 21.0. The van der Waals surface area contributed by atoms with Crippen molar-refractivity contribution in [2.75, 3.05) is 6.61 Å². The predicted molar refractivity (Wildman–Crippen MR) is 100 cm³/mol. The topological polar surface area (TPSA) is 126 Å². The molecule has 4 fully saturated rings. The molecule has 2 aliphatic heterocycles. The zero-order valence-electron chi connectivity index (χ0n) is 16.5. The molecule has 162 valence electrons. The molecule has 0 unspecified atom stereocenters. The molecule has 0 aromatic rings. The highest BCUT2D eigenvalue weighted by Gasteiger charge is 2.55. The van der Waals surface area contributed by atoms with Gasteiger partial charge in [-0.15, -0.1) is 0 Å². The van der Waals surface area contributed by atoms with Gasteiger partial charge < -0.3 is 34.6 Å². The maximum atomic E-state index is 12.2. The van der Waals surface area contributed by atoms with Crippen LogP contribution in [0.2, 0.25) is 0 Å². The summed E-state index contributed by atoms with van der Waals surface area (Å²) in [5, 5.41) is 39.6. The van der Waals surface area contributed by atoms with Crippen LogP contribution in [0.3, 0.4) is 0 Å². The van der Waals surface area contributed by atoms with Crippen LogP contribution in [0.25, 0.3) is 0 Å². The molecule has 2 heterocycles. The molecule has 0 bridgehead atoms. The number of hydrogen-bond acceptors (Lipinski definition) is 8. The second-order valence-corrected chi connectivity index (χ2v) is 8.82. The molecule has 4 N–H and O–H groups in total. The number of carbonyl (C=O) groups excluding carboxylic acids is 1. The number of allylic oxidation sites excluding steroid dienone is 1. The maximum Gasteiger partial charge on any atom is 0.309 e. The van der Waals surface area contributed by atoms with Crippen LogP contribution >= 0.6 is 0 Å². The van der Waals surface area contributed by atoms with Crippen molar-refractivity contribution in [3.8, 4) is 0 Å². The van der Waals surface area contributed by atoms with Crippen molar-refractivity contribution in [3.05, 3.63) is 24.3 Å². The summed E-state index contributed by atoms with van der Waals surface area (Å²) >= 11 is 0. The smallest absolute Gasteiger partial charge is 0.309 e. The monoisotopic (exact) mass is 410 g/mol. The van der Waals surface area contributed by atoms with Gasteiger partial charge in [0.05, 0.1) is 18.6 Å². The molecular formula is C21H30O8. The normalized spacial score (nSPS) is 50.1. The maximum absolute atomic E-state index is 12.2. The molecule has 2 saturated heterocycles. The van der Waals surface area contributed by atoms with E-state index in [9.17, 15) is 25.2 Å². The molecule has 29 heavy (non-hydrogen) atoms.